The minimum atomic E-state index is 0.474. The molecule has 0 aromatic carbocycles. The van der Waals surface area contributed by atoms with E-state index in [1.807, 2.05) is 13.0 Å². The van der Waals surface area contributed by atoms with E-state index in [0.29, 0.717) is 12.4 Å². The Labute approximate surface area is 72.8 Å². The Morgan fingerprint density at radius 2 is 2.17 bits per heavy atom. The van der Waals surface area contributed by atoms with Crippen LogP contribution in [0.15, 0.2) is 6.07 Å². The first kappa shape index (κ1) is 9.00. The number of aryl methyl sites for hydroxylation is 2. The highest BCUT2D eigenvalue weighted by Crippen LogP contribution is 2.16. The van der Waals surface area contributed by atoms with Gasteiger partial charge in [-0.2, -0.15) is 0 Å². The van der Waals surface area contributed by atoms with Crippen molar-refractivity contribution in [2.75, 3.05) is 5.73 Å². The van der Waals surface area contributed by atoms with Crippen LogP contribution < -0.4 is 11.5 Å². The van der Waals surface area contributed by atoms with Gasteiger partial charge in [0, 0.05) is 17.8 Å². The van der Waals surface area contributed by atoms with Crippen LogP contribution >= 0.6 is 0 Å². The Morgan fingerprint density at radius 3 is 2.67 bits per heavy atom. The fourth-order valence-corrected chi connectivity index (χ4v) is 1.34. The van der Waals surface area contributed by atoms with Crippen LogP contribution in [0.5, 0.6) is 0 Å². The fraction of sp³-hybridized carbons (Fsp3) is 0.444. The molecule has 0 spiro atoms. The van der Waals surface area contributed by atoms with Gasteiger partial charge in [-0.25, -0.2) is 4.98 Å². The van der Waals surface area contributed by atoms with Gasteiger partial charge in [-0.05, 0) is 25.0 Å². The minimum Gasteiger partial charge on any atom is -0.383 e. The average Bonchev–Trinajstić information content (AvgIpc) is 2.03. The molecule has 0 aliphatic carbocycles. The van der Waals surface area contributed by atoms with Gasteiger partial charge in [-0.1, -0.05) is 6.92 Å². The molecule has 1 aromatic heterocycles. The van der Waals surface area contributed by atoms with Crippen molar-refractivity contribution < 1.29 is 0 Å². The lowest BCUT2D eigenvalue weighted by atomic mass is 10.1. The molecular formula is C9H15N3. The Balaban J connectivity index is 3.24. The second kappa shape index (κ2) is 3.54. The Morgan fingerprint density at radius 1 is 1.50 bits per heavy atom. The molecule has 0 fully saturated rings. The highest BCUT2D eigenvalue weighted by atomic mass is 14.8. The van der Waals surface area contributed by atoms with E-state index in [4.69, 9.17) is 11.5 Å². The topological polar surface area (TPSA) is 64.9 Å². The van der Waals surface area contributed by atoms with Gasteiger partial charge < -0.3 is 11.5 Å². The number of pyridine rings is 1. The molecule has 0 atom stereocenters. The Kier molecular flexibility index (Phi) is 2.65. The van der Waals surface area contributed by atoms with Crippen LogP contribution in [0.2, 0.25) is 0 Å². The van der Waals surface area contributed by atoms with Crippen molar-refractivity contribution in [1.29, 1.82) is 0 Å². The van der Waals surface area contributed by atoms with E-state index in [9.17, 15) is 0 Å². The summed E-state index contributed by atoms with van der Waals surface area (Å²) < 4.78 is 0. The van der Waals surface area contributed by atoms with Gasteiger partial charge in [0.1, 0.15) is 5.82 Å². The van der Waals surface area contributed by atoms with Gasteiger partial charge >= 0.3 is 0 Å². The summed E-state index contributed by atoms with van der Waals surface area (Å²) in [4.78, 5) is 4.15. The first-order valence-electron chi connectivity index (χ1n) is 4.14. The van der Waals surface area contributed by atoms with E-state index in [1.54, 1.807) is 0 Å². The summed E-state index contributed by atoms with van der Waals surface area (Å²) in [5, 5.41) is 0. The molecule has 3 nitrogen and oxygen atoms in total. The third-order valence-corrected chi connectivity index (χ3v) is 1.96. The van der Waals surface area contributed by atoms with Gasteiger partial charge in [0.2, 0.25) is 0 Å². The van der Waals surface area contributed by atoms with Gasteiger partial charge in [-0.3, -0.25) is 0 Å². The average molecular weight is 165 g/mol. The van der Waals surface area contributed by atoms with E-state index in [-0.39, 0.29) is 0 Å². The predicted octanol–water partition coefficient (Wildman–Crippen LogP) is 0.993. The Bertz CT molecular complexity index is 281. The smallest absolute Gasteiger partial charge is 0.128 e. The maximum absolute atomic E-state index is 5.72. The Hall–Kier alpha value is -1.09. The summed E-state index contributed by atoms with van der Waals surface area (Å²) in [6.45, 7) is 4.51. The number of anilines is 1. The highest BCUT2D eigenvalue weighted by molar-refractivity contribution is 5.45. The number of nitrogens with two attached hydrogens (primary N) is 2. The zero-order valence-corrected chi connectivity index (χ0v) is 7.59. The molecule has 1 aromatic rings. The molecule has 12 heavy (non-hydrogen) atoms. The van der Waals surface area contributed by atoms with Crippen LogP contribution in [-0.4, -0.2) is 4.98 Å². The number of nitrogens with zero attached hydrogens (tertiary/aromatic N) is 1. The third-order valence-electron chi connectivity index (χ3n) is 1.96. The molecule has 0 aliphatic rings. The summed E-state index contributed by atoms with van der Waals surface area (Å²) in [5.74, 6) is 0.578. The lowest BCUT2D eigenvalue weighted by Crippen LogP contribution is -2.08. The molecule has 0 aliphatic heterocycles. The monoisotopic (exact) mass is 165 g/mol. The van der Waals surface area contributed by atoms with E-state index < -0.39 is 0 Å². The molecule has 4 N–H and O–H groups in total. The van der Waals surface area contributed by atoms with Crippen molar-refractivity contribution in [3.63, 3.8) is 0 Å². The molecule has 0 radical (unpaired) electrons. The summed E-state index contributed by atoms with van der Waals surface area (Å²) in [6.07, 6.45) is 0.958. The van der Waals surface area contributed by atoms with Crippen LogP contribution in [0, 0.1) is 6.92 Å². The fourth-order valence-electron chi connectivity index (χ4n) is 1.34. The minimum absolute atomic E-state index is 0.474. The van der Waals surface area contributed by atoms with Crippen molar-refractivity contribution in [1.82, 2.24) is 4.98 Å². The van der Waals surface area contributed by atoms with E-state index in [0.717, 1.165) is 17.7 Å². The summed E-state index contributed by atoms with van der Waals surface area (Å²) in [5.41, 5.74) is 14.4. The van der Waals surface area contributed by atoms with Crippen LogP contribution in [0.3, 0.4) is 0 Å². The highest BCUT2D eigenvalue weighted by Gasteiger charge is 2.04. The normalized spacial score (nSPS) is 10.2. The van der Waals surface area contributed by atoms with Crippen molar-refractivity contribution in [3.8, 4) is 0 Å². The first-order chi connectivity index (χ1) is 5.69. The maximum Gasteiger partial charge on any atom is 0.128 e. The summed E-state index contributed by atoms with van der Waals surface area (Å²) in [6, 6.07) is 2.04. The van der Waals surface area contributed by atoms with Crippen molar-refractivity contribution >= 4 is 5.82 Å². The standard InChI is InChI=1S/C9H15N3/c1-3-7-4-6(2)12-9(11)8(7)5-10/h4H,3,5,10H2,1-2H3,(H2,11,12). The van der Waals surface area contributed by atoms with Gasteiger partial charge in [0.25, 0.3) is 0 Å². The predicted molar refractivity (Wildman–Crippen MR) is 50.7 cm³/mol. The van der Waals surface area contributed by atoms with Gasteiger partial charge in [0.15, 0.2) is 0 Å². The lowest BCUT2D eigenvalue weighted by molar-refractivity contribution is 0.977. The van der Waals surface area contributed by atoms with Crippen LogP contribution in [0.1, 0.15) is 23.7 Å². The van der Waals surface area contributed by atoms with E-state index in [1.165, 1.54) is 5.56 Å². The molecule has 66 valence electrons. The molecule has 1 rings (SSSR count). The van der Waals surface area contributed by atoms with E-state index >= 15 is 0 Å². The molecule has 0 saturated carbocycles. The van der Waals surface area contributed by atoms with E-state index in [2.05, 4.69) is 11.9 Å². The number of rotatable bonds is 2. The van der Waals surface area contributed by atoms with Crippen LogP contribution in [0.4, 0.5) is 5.82 Å². The number of aromatic nitrogens is 1. The van der Waals surface area contributed by atoms with Crippen molar-refractivity contribution in [2.45, 2.75) is 26.8 Å². The molecule has 0 saturated heterocycles. The van der Waals surface area contributed by atoms with Crippen molar-refractivity contribution in [3.05, 3.63) is 22.9 Å². The second-order valence-corrected chi connectivity index (χ2v) is 2.84. The second-order valence-electron chi connectivity index (χ2n) is 2.84. The van der Waals surface area contributed by atoms with Gasteiger partial charge in [0.05, 0.1) is 0 Å². The van der Waals surface area contributed by atoms with Crippen molar-refractivity contribution in [2.24, 2.45) is 5.73 Å². The number of hydrogen-bond acceptors (Lipinski definition) is 3. The summed E-state index contributed by atoms with van der Waals surface area (Å²) in [7, 11) is 0. The maximum atomic E-state index is 5.72. The molecule has 3 heteroatoms. The zero-order valence-electron chi connectivity index (χ0n) is 7.59. The lowest BCUT2D eigenvalue weighted by Gasteiger charge is -2.08. The molecular weight excluding hydrogens is 150 g/mol. The zero-order chi connectivity index (χ0) is 9.14. The third kappa shape index (κ3) is 1.56. The summed E-state index contributed by atoms with van der Waals surface area (Å²) >= 11 is 0. The van der Waals surface area contributed by atoms with Crippen LogP contribution in [-0.2, 0) is 13.0 Å². The quantitative estimate of drug-likeness (QED) is 0.687. The molecule has 0 amide bonds. The first-order valence-corrected chi connectivity index (χ1v) is 4.14. The molecule has 0 bridgehead atoms. The van der Waals surface area contributed by atoms with Crippen LogP contribution in [0.25, 0.3) is 0 Å². The molecule has 1 heterocycles. The largest absolute Gasteiger partial charge is 0.383 e. The SMILES string of the molecule is CCc1cc(C)nc(N)c1CN. The molecule has 0 unspecified atom stereocenters. The number of nitrogen functional groups attached to an aromatic ring is 1. The number of hydrogen-bond donors (Lipinski definition) is 2. The van der Waals surface area contributed by atoms with Gasteiger partial charge in [-0.15, -0.1) is 0 Å².